The Labute approximate surface area is 304 Å². The van der Waals surface area contributed by atoms with Gasteiger partial charge in [-0.05, 0) is 47.1 Å². The molecule has 1 aliphatic carbocycles. The van der Waals surface area contributed by atoms with Crippen LogP contribution in [0, 0.1) is 19.3 Å². The molecule has 0 spiro atoms. The predicted molar refractivity (Wildman–Crippen MR) is 195 cm³/mol. The summed E-state index contributed by atoms with van der Waals surface area (Å²) in [4.78, 5) is 40.2. The lowest BCUT2D eigenvalue weighted by atomic mass is 9.86. The Bertz CT molecular complexity index is 1830. The zero-order chi connectivity index (χ0) is 37.6. The van der Waals surface area contributed by atoms with Crippen LogP contribution in [-0.4, -0.2) is 69.7 Å². The van der Waals surface area contributed by atoms with Crippen LogP contribution < -0.4 is 16.1 Å². The van der Waals surface area contributed by atoms with Crippen molar-refractivity contribution < 1.29 is 33.9 Å². The molecule has 0 radical (unpaired) electrons. The fourth-order valence-electron chi connectivity index (χ4n) is 6.70. The molecule has 0 unspecified atom stereocenters. The van der Waals surface area contributed by atoms with Crippen molar-refractivity contribution in [1.82, 2.24) is 26.2 Å². The van der Waals surface area contributed by atoms with Crippen LogP contribution >= 0.6 is 0 Å². The second-order valence-corrected chi connectivity index (χ2v) is 14.6. The van der Waals surface area contributed by atoms with Crippen LogP contribution in [0.4, 0.5) is 4.79 Å². The number of amides is 3. The number of carbonyl (C=O) groups excluding carboxylic acids is 3. The van der Waals surface area contributed by atoms with E-state index < -0.39 is 47.1 Å². The molecule has 0 fully saturated rings. The minimum absolute atomic E-state index is 0.00737. The topological polar surface area (TPSA) is 166 Å². The minimum atomic E-state index is -1.93. The van der Waals surface area contributed by atoms with E-state index in [1.807, 2.05) is 113 Å². The van der Waals surface area contributed by atoms with Crippen molar-refractivity contribution in [3.8, 4) is 11.1 Å². The molecule has 276 valence electrons. The van der Waals surface area contributed by atoms with E-state index in [4.69, 9.17) is 9.26 Å². The average Bonchev–Trinajstić information content (AvgIpc) is 3.62. The highest BCUT2D eigenvalue weighted by molar-refractivity contribution is 5.87. The van der Waals surface area contributed by atoms with Gasteiger partial charge in [0.15, 0.2) is 0 Å². The van der Waals surface area contributed by atoms with Gasteiger partial charge >= 0.3 is 6.09 Å². The van der Waals surface area contributed by atoms with Crippen molar-refractivity contribution in [2.24, 2.45) is 5.41 Å². The quantitative estimate of drug-likeness (QED) is 0.124. The van der Waals surface area contributed by atoms with E-state index in [-0.39, 0.29) is 25.9 Å². The van der Waals surface area contributed by atoms with E-state index in [2.05, 4.69) is 21.2 Å². The Morgan fingerprint density at radius 3 is 2.29 bits per heavy atom. The van der Waals surface area contributed by atoms with Crippen molar-refractivity contribution in [2.45, 2.75) is 84.2 Å². The van der Waals surface area contributed by atoms with Crippen LogP contribution in [0.3, 0.4) is 0 Å². The smallest absolute Gasteiger partial charge is 0.407 e. The number of aromatic nitrogens is 1. The molecule has 0 saturated carbocycles. The number of benzene rings is 3. The first-order valence-corrected chi connectivity index (χ1v) is 17.4. The lowest BCUT2D eigenvalue weighted by molar-refractivity contribution is -0.143. The third kappa shape index (κ3) is 9.05. The molecule has 3 amide bonds. The summed E-state index contributed by atoms with van der Waals surface area (Å²) in [5, 5.41) is 34.4. The molecule has 5 rings (SSSR count). The number of aliphatic hydroxyl groups excluding tert-OH is 1. The van der Waals surface area contributed by atoms with Gasteiger partial charge in [-0.2, -0.15) is 0 Å². The number of hydrogen-bond acceptors (Lipinski definition) is 9. The molecule has 3 aromatic carbocycles. The summed E-state index contributed by atoms with van der Waals surface area (Å²) in [5.41, 5.74) is 6.27. The van der Waals surface area contributed by atoms with Crippen molar-refractivity contribution in [3.05, 3.63) is 113 Å². The number of hydrazine groups is 1. The van der Waals surface area contributed by atoms with Gasteiger partial charge in [0, 0.05) is 37.9 Å². The van der Waals surface area contributed by atoms with E-state index in [1.165, 1.54) is 7.11 Å². The Morgan fingerprint density at radius 1 is 0.981 bits per heavy atom. The van der Waals surface area contributed by atoms with Gasteiger partial charge in [-0.3, -0.25) is 15.0 Å². The summed E-state index contributed by atoms with van der Waals surface area (Å²) in [5.74, 6) is -0.422. The maximum atomic E-state index is 14.1. The molecule has 12 heteroatoms. The number of alkyl carbamates (subject to hydrolysis) is 1. The highest BCUT2D eigenvalue weighted by atomic mass is 16.5. The summed E-state index contributed by atoms with van der Waals surface area (Å²) in [6, 6.07) is 22.8. The van der Waals surface area contributed by atoms with E-state index in [1.54, 1.807) is 5.01 Å². The number of ether oxygens (including phenoxy) is 1. The molecule has 1 heterocycles. The fraction of sp³-hybridized carbons (Fsp3) is 0.400. The molecule has 4 aromatic rings. The van der Waals surface area contributed by atoms with E-state index in [0.717, 1.165) is 39.1 Å². The van der Waals surface area contributed by atoms with Crippen LogP contribution in [0.5, 0.6) is 0 Å². The lowest BCUT2D eigenvalue weighted by Crippen LogP contribution is -2.58. The summed E-state index contributed by atoms with van der Waals surface area (Å²) >= 11 is 0. The first kappa shape index (κ1) is 38.2. The molecule has 52 heavy (non-hydrogen) atoms. The third-order valence-electron chi connectivity index (χ3n) is 9.54. The minimum Gasteiger partial charge on any atom is -0.453 e. The Morgan fingerprint density at radius 2 is 1.65 bits per heavy atom. The molecule has 0 saturated heterocycles. The number of carbonyl (C=O) groups is 3. The molecule has 12 nitrogen and oxygen atoms in total. The van der Waals surface area contributed by atoms with Crippen LogP contribution in [0.2, 0.25) is 0 Å². The van der Waals surface area contributed by atoms with Gasteiger partial charge in [0.05, 0.1) is 24.9 Å². The van der Waals surface area contributed by atoms with Crippen LogP contribution in [0.25, 0.3) is 11.1 Å². The van der Waals surface area contributed by atoms with Gasteiger partial charge in [-0.25, -0.2) is 9.80 Å². The highest BCUT2D eigenvalue weighted by Gasteiger charge is 2.41. The van der Waals surface area contributed by atoms with Crippen molar-refractivity contribution in [2.75, 3.05) is 13.7 Å². The molecular weight excluding hydrogens is 662 g/mol. The molecule has 1 aromatic heterocycles. The first-order valence-electron chi connectivity index (χ1n) is 17.4. The number of fused-ring (bicyclic) bond motifs is 1. The summed E-state index contributed by atoms with van der Waals surface area (Å²) in [6.45, 7) is 9.46. The van der Waals surface area contributed by atoms with Crippen LogP contribution in [0.15, 0.2) is 83.4 Å². The molecular formula is C40H49N5O7. The highest BCUT2D eigenvalue weighted by Crippen LogP contribution is 2.33. The average molecular weight is 712 g/mol. The first-order chi connectivity index (χ1) is 24.7. The normalized spacial score (nSPS) is 17.2. The second-order valence-electron chi connectivity index (χ2n) is 14.6. The van der Waals surface area contributed by atoms with Crippen molar-refractivity contribution in [1.29, 1.82) is 0 Å². The molecule has 0 bridgehead atoms. The maximum absolute atomic E-state index is 14.1. The monoisotopic (exact) mass is 711 g/mol. The maximum Gasteiger partial charge on any atom is 0.407 e. The summed E-state index contributed by atoms with van der Waals surface area (Å²) in [6.07, 6.45) is -1.29. The van der Waals surface area contributed by atoms with Gasteiger partial charge in [0.2, 0.25) is 0 Å². The molecule has 4 atom stereocenters. The zero-order valence-corrected chi connectivity index (χ0v) is 30.6. The zero-order valence-electron chi connectivity index (χ0n) is 30.6. The van der Waals surface area contributed by atoms with Crippen molar-refractivity contribution >= 4 is 17.9 Å². The fourth-order valence-corrected chi connectivity index (χ4v) is 6.70. The van der Waals surface area contributed by atoms with Gasteiger partial charge in [-0.15, -0.1) is 0 Å². The molecule has 5 N–H and O–H groups in total. The number of aliphatic hydroxyl groups is 2. The van der Waals surface area contributed by atoms with Crippen LogP contribution in [-0.2, 0) is 33.7 Å². The van der Waals surface area contributed by atoms with E-state index >= 15 is 0 Å². The summed E-state index contributed by atoms with van der Waals surface area (Å²) in [7, 11) is 1.23. The number of nitrogens with zero attached hydrogens (tertiary/aromatic N) is 2. The van der Waals surface area contributed by atoms with Gasteiger partial charge in [-0.1, -0.05) is 105 Å². The Kier molecular flexibility index (Phi) is 11.8. The number of rotatable bonds is 13. The van der Waals surface area contributed by atoms with E-state index in [0.29, 0.717) is 12.2 Å². The van der Waals surface area contributed by atoms with Crippen molar-refractivity contribution in [3.63, 3.8) is 0 Å². The molecule has 0 aliphatic heterocycles. The SMILES string of the molecule is COC(=O)N[C@H](C(=O)NN(CC[C@@](O)(Cc1ccccc1)C(=O)N[C@H]1c2ccccc2C[C@H]1O)Cc1ccc(-c2c(C)noc2C)cc1)C(C)(C)C. The van der Waals surface area contributed by atoms with Gasteiger partial charge in [0.1, 0.15) is 17.4 Å². The summed E-state index contributed by atoms with van der Waals surface area (Å²) < 4.78 is 10.1. The number of aryl methyl sites for hydroxylation is 2. The number of methoxy groups -OCH3 is 1. The Balaban J connectivity index is 1.42. The van der Waals surface area contributed by atoms with E-state index in [9.17, 15) is 24.6 Å². The van der Waals surface area contributed by atoms with Gasteiger partial charge < -0.3 is 30.1 Å². The van der Waals surface area contributed by atoms with Gasteiger partial charge in [0.25, 0.3) is 11.8 Å². The largest absolute Gasteiger partial charge is 0.453 e. The third-order valence-corrected chi connectivity index (χ3v) is 9.54. The molecule has 1 aliphatic rings. The van der Waals surface area contributed by atoms with Crippen LogP contribution in [0.1, 0.15) is 66.9 Å². The standard InChI is InChI=1S/C40H49N5O7/c1-25-33(26(2)52-44-25)29-18-16-28(17-19-29)24-45(43-36(47)35(39(3,4)5)42-38(49)51-6)21-20-40(50,23-27-12-8-7-9-13-27)37(48)41-34-31-15-11-10-14-30(31)22-32(34)46/h7-19,32,34-35,46,50H,20-24H2,1-6H3,(H,41,48)(H,42,49)(H,43,47)/t32-,34+,35-,40-/m1/s1. The Hall–Kier alpha value is -5.04. The number of hydrogen-bond donors (Lipinski definition) is 5. The number of nitrogens with one attached hydrogen (secondary N) is 3. The lowest BCUT2D eigenvalue weighted by Gasteiger charge is -2.35. The predicted octanol–water partition coefficient (Wildman–Crippen LogP) is 4.70. The second kappa shape index (κ2) is 16.1.